The van der Waals surface area contributed by atoms with E-state index < -0.39 is 23.7 Å². The van der Waals surface area contributed by atoms with Crippen molar-refractivity contribution in [3.8, 4) is 17.2 Å². The Morgan fingerprint density at radius 3 is 2.74 bits per heavy atom. The molecule has 3 aromatic rings. The molecule has 1 amide bonds. The number of thiazole rings is 1. The number of anilines is 1. The minimum atomic E-state index is -1.08. The Kier molecular flexibility index (Phi) is 8.04. The van der Waals surface area contributed by atoms with E-state index in [1.165, 1.54) is 18.1 Å². The van der Waals surface area contributed by atoms with E-state index in [1.807, 2.05) is 13.8 Å². The summed E-state index contributed by atoms with van der Waals surface area (Å²) >= 11 is 0.923. The van der Waals surface area contributed by atoms with Crippen molar-refractivity contribution in [2.24, 2.45) is 0 Å². The first kappa shape index (κ1) is 28.9. The number of nitrogens with zero attached hydrogens (tertiary/aromatic N) is 2. The number of aliphatic hydroxyl groups excluding tert-OH is 1. The number of aromatic nitrogens is 1. The Hall–Kier alpha value is -4.64. The van der Waals surface area contributed by atoms with Crippen LogP contribution >= 0.6 is 11.3 Å². The summed E-state index contributed by atoms with van der Waals surface area (Å²) in [5, 5.41) is 11.7. The molecule has 1 aromatic heterocycles. The van der Waals surface area contributed by atoms with Gasteiger partial charge in [-0.15, -0.1) is 0 Å². The van der Waals surface area contributed by atoms with Crippen LogP contribution in [0, 0.1) is 6.92 Å². The molecule has 0 bridgehead atoms. The number of methoxy groups -OCH3 is 1. The summed E-state index contributed by atoms with van der Waals surface area (Å²) in [5.74, 6) is -1.18. The molecule has 0 aliphatic carbocycles. The van der Waals surface area contributed by atoms with Gasteiger partial charge in [0.2, 0.25) is 0 Å². The maximum atomic E-state index is 13.6. The van der Waals surface area contributed by atoms with Crippen LogP contribution in [0.4, 0.5) is 5.13 Å². The van der Waals surface area contributed by atoms with Crippen molar-refractivity contribution in [3.63, 3.8) is 0 Å². The molecule has 2 aliphatic heterocycles. The van der Waals surface area contributed by atoms with Gasteiger partial charge in [0.05, 0.1) is 31.0 Å². The van der Waals surface area contributed by atoms with Crippen LogP contribution in [0.1, 0.15) is 51.9 Å². The van der Waals surface area contributed by atoms with Gasteiger partial charge in [-0.25, -0.2) is 9.78 Å². The molecule has 2 atom stereocenters. The fraction of sp³-hybridized carbons (Fsp3) is 0.290. The molecule has 0 spiro atoms. The highest BCUT2D eigenvalue weighted by Gasteiger charge is 2.48. The molecule has 2 unspecified atom stereocenters. The van der Waals surface area contributed by atoms with E-state index in [0.29, 0.717) is 47.1 Å². The number of carbonyl (C=O) groups excluding carboxylic acids is 3. The first-order chi connectivity index (χ1) is 20.2. The number of amides is 1. The quantitative estimate of drug-likeness (QED) is 0.118. The highest BCUT2D eigenvalue weighted by molar-refractivity contribution is 7.17. The van der Waals surface area contributed by atoms with Crippen LogP contribution in [0.15, 0.2) is 54.6 Å². The van der Waals surface area contributed by atoms with E-state index in [1.54, 1.807) is 43.3 Å². The van der Waals surface area contributed by atoms with Gasteiger partial charge in [0.25, 0.3) is 5.78 Å². The van der Waals surface area contributed by atoms with E-state index in [9.17, 15) is 19.5 Å². The Labute approximate surface area is 246 Å². The number of carbonyl (C=O) groups is 3. The zero-order valence-electron chi connectivity index (χ0n) is 23.6. The van der Waals surface area contributed by atoms with E-state index in [4.69, 9.17) is 18.9 Å². The predicted octanol–water partition coefficient (Wildman–Crippen LogP) is 5.15. The number of rotatable bonds is 9. The third kappa shape index (κ3) is 5.11. The molecule has 2 aliphatic rings. The standard InChI is InChI=1S/C31H30N2O8S/c1-6-12-40-30(37)28-17(4)32-31(42-28)33-25(18-8-11-22(39-7-2)23(15-18)38-5)24(27(35)29(33)36)26(34)19-9-10-21-20(14-19)13-16(3)41-21/h6,8-11,14-16,25,34H,1,7,12-13H2,2-5H3/b26-24+. The van der Waals surface area contributed by atoms with Gasteiger partial charge in [-0.05, 0) is 62.2 Å². The fourth-order valence-corrected chi connectivity index (χ4v) is 6.06. The number of hydrogen-bond donors (Lipinski definition) is 1. The van der Waals surface area contributed by atoms with E-state index in [-0.39, 0.29) is 34.1 Å². The lowest BCUT2D eigenvalue weighted by Crippen LogP contribution is -2.29. The second kappa shape index (κ2) is 11.7. The second-order valence-corrected chi connectivity index (χ2v) is 10.7. The molecule has 2 aromatic carbocycles. The maximum absolute atomic E-state index is 13.6. The monoisotopic (exact) mass is 590 g/mol. The van der Waals surface area contributed by atoms with Crippen molar-refractivity contribution in [1.29, 1.82) is 0 Å². The van der Waals surface area contributed by atoms with Crippen LogP contribution in [0.25, 0.3) is 5.76 Å². The summed E-state index contributed by atoms with van der Waals surface area (Å²) in [4.78, 5) is 45.8. The molecule has 10 nitrogen and oxygen atoms in total. The summed E-state index contributed by atoms with van der Waals surface area (Å²) in [6.45, 7) is 9.36. The minimum absolute atomic E-state index is 0.00654. The molecular weight excluding hydrogens is 560 g/mol. The SMILES string of the molecule is C=CCOC(=O)c1sc(N2C(=O)C(=O)/C(=C(/O)c3ccc4c(c3)CC(C)O4)C2c2ccc(OCC)c(OC)c2)nc1C. The van der Waals surface area contributed by atoms with E-state index in [0.717, 1.165) is 16.9 Å². The second-order valence-electron chi connectivity index (χ2n) is 9.77. The van der Waals surface area contributed by atoms with Crippen LogP contribution < -0.4 is 19.1 Å². The summed E-state index contributed by atoms with van der Waals surface area (Å²) in [6, 6.07) is 9.10. The highest BCUT2D eigenvalue weighted by Crippen LogP contribution is 2.46. The predicted molar refractivity (Wildman–Crippen MR) is 157 cm³/mol. The summed E-state index contributed by atoms with van der Waals surface area (Å²) < 4.78 is 22.2. The van der Waals surface area contributed by atoms with Crippen LogP contribution in [0.2, 0.25) is 0 Å². The van der Waals surface area contributed by atoms with E-state index >= 15 is 0 Å². The smallest absolute Gasteiger partial charge is 0.350 e. The van der Waals surface area contributed by atoms with Gasteiger partial charge in [-0.1, -0.05) is 30.1 Å². The normalized spacial score (nSPS) is 18.9. The highest BCUT2D eigenvalue weighted by atomic mass is 32.1. The largest absolute Gasteiger partial charge is 0.507 e. The molecule has 5 rings (SSSR count). The Bertz CT molecular complexity index is 1620. The fourth-order valence-electron chi connectivity index (χ4n) is 5.07. The Morgan fingerprint density at radius 2 is 2.02 bits per heavy atom. The van der Waals surface area contributed by atoms with Crippen LogP contribution in [0.3, 0.4) is 0 Å². The van der Waals surface area contributed by atoms with Gasteiger partial charge in [-0.2, -0.15) is 0 Å². The number of benzene rings is 2. The number of hydrogen-bond acceptors (Lipinski definition) is 10. The zero-order valence-corrected chi connectivity index (χ0v) is 24.4. The molecule has 218 valence electrons. The molecular formula is C31H30N2O8S. The molecule has 11 heteroatoms. The third-order valence-electron chi connectivity index (χ3n) is 6.93. The van der Waals surface area contributed by atoms with Gasteiger partial charge in [0, 0.05) is 12.0 Å². The van der Waals surface area contributed by atoms with Crippen LogP contribution in [-0.2, 0) is 20.7 Å². The first-order valence-corrected chi connectivity index (χ1v) is 14.2. The van der Waals surface area contributed by atoms with Gasteiger partial charge in [0.15, 0.2) is 16.6 Å². The topological polar surface area (TPSA) is 124 Å². The van der Waals surface area contributed by atoms with Crippen molar-refractivity contribution in [2.75, 3.05) is 25.2 Å². The first-order valence-electron chi connectivity index (χ1n) is 13.4. The summed E-state index contributed by atoms with van der Waals surface area (Å²) in [7, 11) is 1.48. The lowest BCUT2D eigenvalue weighted by molar-refractivity contribution is -0.132. The number of Topliss-reactive ketones (excluding diaryl/α,β-unsaturated/α-hetero) is 1. The molecule has 1 saturated heterocycles. The molecule has 42 heavy (non-hydrogen) atoms. The minimum Gasteiger partial charge on any atom is -0.507 e. The zero-order chi connectivity index (χ0) is 30.1. The average molecular weight is 591 g/mol. The summed E-state index contributed by atoms with van der Waals surface area (Å²) in [6.07, 6.45) is 2.08. The molecule has 1 fully saturated rings. The number of ketones is 1. The number of aliphatic hydroxyl groups is 1. The molecule has 1 N–H and O–H groups in total. The lowest BCUT2D eigenvalue weighted by Gasteiger charge is -2.24. The maximum Gasteiger partial charge on any atom is 0.350 e. The number of fused-ring (bicyclic) bond motifs is 1. The molecule has 3 heterocycles. The number of aryl methyl sites for hydroxylation is 1. The molecule has 0 saturated carbocycles. The van der Waals surface area contributed by atoms with Crippen molar-refractivity contribution in [2.45, 2.75) is 39.3 Å². The number of esters is 1. The van der Waals surface area contributed by atoms with Crippen LogP contribution in [0.5, 0.6) is 17.2 Å². The van der Waals surface area contributed by atoms with Crippen molar-refractivity contribution >= 4 is 39.9 Å². The van der Waals surface area contributed by atoms with Gasteiger partial charge < -0.3 is 24.1 Å². The number of ether oxygens (including phenoxy) is 4. The Morgan fingerprint density at radius 1 is 1.24 bits per heavy atom. The van der Waals surface area contributed by atoms with Crippen molar-refractivity contribution < 1.29 is 38.4 Å². The van der Waals surface area contributed by atoms with Crippen molar-refractivity contribution in [3.05, 3.63) is 81.9 Å². The van der Waals surface area contributed by atoms with Gasteiger partial charge in [-0.3, -0.25) is 14.5 Å². The average Bonchev–Trinajstić information content (AvgIpc) is 3.63. The van der Waals surface area contributed by atoms with Gasteiger partial charge in [0.1, 0.15) is 29.1 Å². The molecule has 0 radical (unpaired) electrons. The van der Waals surface area contributed by atoms with Gasteiger partial charge >= 0.3 is 11.9 Å². The Balaban J connectivity index is 1.67. The van der Waals surface area contributed by atoms with Crippen molar-refractivity contribution in [1.82, 2.24) is 4.98 Å². The summed E-state index contributed by atoms with van der Waals surface area (Å²) in [5.41, 5.74) is 1.94. The lowest BCUT2D eigenvalue weighted by atomic mass is 9.94. The third-order valence-corrected chi connectivity index (χ3v) is 8.06. The van der Waals surface area contributed by atoms with E-state index in [2.05, 4.69) is 11.6 Å². The van der Waals surface area contributed by atoms with Crippen LogP contribution in [-0.4, -0.2) is 54.2 Å².